The second kappa shape index (κ2) is 4.98. The van der Waals surface area contributed by atoms with E-state index in [-0.39, 0.29) is 35.7 Å². The van der Waals surface area contributed by atoms with Crippen molar-refractivity contribution in [2.24, 2.45) is 11.8 Å². The standard InChI is InChI=1S/C14H19NO3/c1-8-9(2)18-10(3)13(8)14(17)15-11-5-4-6-12(16)7-11/h4-10,13,16H,1-3H3,(H,15,17). The zero-order chi connectivity index (χ0) is 13.3. The molecule has 4 heteroatoms. The van der Waals surface area contributed by atoms with E-state index >= 15 is 0 Å². The van der Waals surface area contributed by atoms with E-state index < -0.39 is 0 Å². The Morgan fingerprint density at radius 1 is 1.28 bits per heavy atom. The van der Waals surface area contributed by atoms with Crippen LogP contribution in [0.3, 0.4) is 0 Å². The topological polar surface area (TPSA) is 58.6 Å². The Morgan fingerprint density at radius 2 is 2.00 bits per heavy atom. The number of anilines is 1. The van der Waals surface area contributed by atoms with Gasteiger partial charge in [0, 0.05) is 11.8 Å². The molecule has 1 aromatic carbocycles. The number of carbonyl (C=O) groups is 1. The van der Waals surface area contributed by atoms with E-state index in [1.54, 1.807) is 18.2 Å². The van der Waals surface area contributed by atoms with Gasteiger partial charge in [0.05, 0.1) is 18.1 Å². The predicted octanol–water partition coefficient (Wildman–Crippen LogP) is 2.39. The van der Waals surface area contributed by atoms with Crippen LogP contribution in [0.5, 0.6) is 5.75 Å². The molecule has 0 saturated carbocycles. The Bertz CT molecular complexity index is 446. The molecule has 1 fully saturated rings. The molecule has 0 aromatic heterocycles. The van der Waals surface area contributed by atoms with Crippen LogP contribution in [0.2, 0.25) is 0 Å². The maximum Gasteiger partial charge on any atom is 0.230 e. The number of ether oxygens (including phenoxy) is 1. The quantitative estimate of drug-likeness (QED) is 0.846. The highest BCUT2D eigenvalue weighted by molar-refractivity contribution is 5.93. The highest BCUT2D eigenvalue weighted by Crippen LogP contribution is 2.33. The largest absolute Gasteiger partial charge is 0.508 e. The second-order valence-electron chi connectivity index (χ2n) is 4.97. The number of phenolic OH excluding ortho intramolecular Hbond substituents is 1. The highest BCUT2D eigenvalue weighted by atomic mass is 16.5. The molecule has 0 bridgehead atoms. The molecule has 0 spiro atoms. The monoisotopic (exact) mass is 249 g/mol. The molecule has 1 aliphatic rings. The van der Waals surface area contributed by atoms with Gasteiger partial charge in [-0.3, -0.25) is 4.79 Å². The summed E-state index contributed by atoms with van der Waals surface area (Å²) in [5, 5.41) is 12.2. The van der Waals surface area contributed by atoms with Gasteiger partial charge in [-0.15, -0.1) is 0 Å². The summed E-state index contributed by atoms with van der Waals surface area (Å²) in [6.07, 6.45) is 0.0206. The van der Waals surface area contributed by atoms with Gasteiger partial charge in [0.15, 0.2) is 0 Å². The molecule has 0 aliphatic carbocycles. The molecule has 98 valence electrons. The Labute approximate surface area is 107 Å². The molecule has 4 unspecified atom stereocenters. The maximum atomic E-state index is 12.2. The van der Waals surface area contributed by atoms with Crippen LogP contribution in [-0.2, 0) is 9.53 Å². The Balaban J connectivity index is 2.08. The number of benzene rings is 1. The first-order valence-corrected chi connectivity index (χ1v) is 6.24. The minimum absolute atomic E-state index is 0.0510. The first kappa shape index (κ1) is 12.9. The molecule has 18 heavy (non-hydrogen) atoms. The number of amides is 1. The smallest absolute Gasteiger partial charge is 0.230 e. The van der Waals surface area contributed by atoms with Crippen molar-refractivity contribution in [2.45, 2.75) is 33.0 Å². The van der Waals surface area contributed by atoms with E-state index in [2.05, 4.69) is 5.32 Å². The summed E-state index contributed by atoms with van der Waals surface area (Å²) < 4.78 is 5.66. The average molecular weight is 249 g/mol. The van der Waals surface area contributed by atoms with Gasteiger partial charge < -0.3 is 15.2 Å². The SMILES string of the molecule is CC1OC(C)C(C(=O)Nc2cccc(O)c2)C1C. The molecule has 2 rings (SSSR count). The van der Waals surface area contributed by atoms with E-state index in [9.17, 15) is 9.90 Å². The van der Waals surface area contributed by atoms with E-state index in [4.69, 9.17) is 4.74 Å². The lowest BCUT2D eigenvalue weighted by molar-refractivity contribution is -0.121. The van der Waals surface area contributed by atoms with Gasteiger partial charge in [-0.25, -0.2) is 0 Å². The van der Waals surface area contributed by atoms with Crippen molar-refractivity contribution in [1.82, 2.24) is 0 Å². The lowest BCUT2D eigenvalue weighted by Crippen LogP contribution is -2.31. The van der Waals surface area contributed by atoms with Gasteiger partial charge in [-0.05, 0) is 31.9 Å². The number of carbonyl (C=O) groups excluding carboxylic acids is 1. The summed E-state index contributed by atoms with van der Waals surface area (Å²) in [6, 6.07) is 6.56. The van der Waals surface area contributed by atoms with Crippen LogP contribution >= 0.6 is 0 Å². The molecule has 1 aromatic rings. The van der Waals surface area contributed by atoms with Crippen LogP contribution in [-0.4, -0.2) is 23.2 Å². The molecule has 1 aliphatic heterocycles. The lowest BCUT2D eigenvalue weighted by atomic mass is 9.89. The van der Waals surface area contributed by atoms with Crippen molar-refractivity contribution in [1.29, 1.82) is 0 Å². The summed E-state index contributed by atoms with van der Waals surface area (Å²) in [5.74, 6) is 0.134. The summed E-state index contributed by atoms with van der Waals surface area (Å²) in [4.78, 5) is 12.2. The predicted molar refractivity (Wildman–Crippen MR) is 69.4 cm³/mol. The highest BCUT2D eigenvalue weighted by Gasteiger charge is 2.41. The summed E-state index contributed by atoms with van der Waals surface area (Å²) in [6.45, 7) is 5.94. The number of hydrogen-bond acceptors (Lipinski definition) is 3. The second-order valence-corrected chi connectivity index (χ2v) is 4.97. The summed E-state index contributed by atoms with van der Waals surface area (Å²) >= 11 is 0. The molecular weight excluding hydrogens is 230 g/mol. The van der Waals surface area contributed by atoms with E-state index in [0.717, 1.165) is 0 Å². The molecule has 4 atom stereocenters. The first-order valence-electron chi connectivity index (χ1n) is 6.24. The summed E-state index contributed by atoms with van der Waals surface area (Å²) in [7, 11) is 0. The van der Waals surface area contributed by atoms with E-state index in [1.807, 2.05) is 20.8 Å². The van der Waals surface area contributed by atoms with Gasteiger partial charge in [0.2, 0.25) is 5.91 Å². The van der Waals surface area contributed by atoms with Crippen molar-refractivity contribution in [3.05, 3.63) is 24.3 Å². The Hall–Kier alpha value is -1.55. The first-order chi connectivity index (χ1) is 8.49. The normalized spacial score (nSPS) is 31.3. The third-order valence-electron chi connectivity index (χ3n) is 3.66. The maximum absolute atomic E-state index is 12.2. The molecular formula is C14H19NO3. The number of phenols is 1. The average Bonchev–Trinajstić information content (AvgIpc) is 2.53. The Kier molecular flexibility index (Phi) is 3.57. The fourth-order valence-electron chi connectivity index (χ4n) is 2.53. The summed E-state index contributed by atoms with van der Waals surface area (Å²) in [5.41, 5.74) is 0.610. The minimum Gasteiger partial charge on any atom is -0.508 e. The number of hydrogen-bond donors (Lipinski definition) is 2. The van der Waals surface area contributed by atoms with Gasteiger partial charge in [0.1, 0.15) is 5.75 Å². The van der Waals surface area contributed by atoms with Gasteiger partial charge in [0.25, 0.3) is 0 Å². The molecule has 0 radical (unpaired) electrons. The van der Waals surface area contributed by atoms with Crippen molar-refractivity contribution >= 4 is 11.6 Å². The fourth-order valence-corrected chi connectivity index (χ4v) is 2.53. The van der Waals surface area contributed by atoms with E-state index in [1.165, 1.54) is 6.07 Å². The third-order valence-corrected chi connectivity index (χ3v) is 3.66. The molecule has 1 heterocycles. The number of nitrogens with one attached hydrogen (secondary N) is 1. The van der Waals surface area contributed by atoms with Crippen LogP contribution in [0, 0.1) is 11.8 Å². The Morgan fingerprint density at radius 3 is 2.56 bits per heavy atom. The zero-order valence-electron chi connectivity index (χ0n) is 10.9. The van der Waals surface area contributed by atoms with Crippen LogP contribution in [0.1, 0.15) is 20.8 Å². The van der Waals surface area contributed by atoms with Crippen molar-refractivity contribution in [3.8, 4) is 5.75 Å². The van der Waals surface area contributed by atoms with Crippen molar-refractivity contribution < 1.29 is 14.6 Å². The molecule has 1 saturated heterocycles. The van der Waals surface area contributed by atoms with Crippen LogP contribution in [0.4, 0.5) is 5.69 Å². The zero-order valence-corrected chi connectivity index (χ0v) is 10.9. The third kappa shape index (κ3) is 2.48. The van der Waals surface area contributed by atoms with Gasteiger partial charge in [-0.1, -0.05) is 13.0 Å². The fraction of sp³-hybridized carbons (Fsp3) is 0.500. The molecule has 1 amide bonds. The molecule has 2 N–H and O–H groups in total. The minimum atomic E-state index is -0.151. The van der Waals surface area contributed by atoms with E-state index in [0.29, 0.717) is 5.69 Å². The van der Waals surface area contributed by atoms with Crippen molar-refractivity contribution in [3.63, 3.8) is 0 Å². The van der Waals surface area contributed by atoms with Crippen LogP contribution < -0.4 is 5.32 Å². The number of aromatic hydroxyl groups is 1. The van der Waals surface area contributed by atoms with Crippen molar-refractivity contribution in [2.75, 3.05) is 5.32 Å². The molecule has 4 nitrogen and oxygen atoms in total. The van der Waals surface area contributed by atoms with Gasteiger partial charge in [-0.2, -0.15) is 0 Å². The number of rotatable bonds is 2. The lowest BCUT2D eigenvalue weighted by Gasteiger charge is -2.18. The van der Waals surface area contributed by atoms with Gasteiger partial charge >= 0.3 is 0 Å². The van der Waals surface area contributed by atoms with Crippen LogP contribution in [0.25, 0.3) is 0 Å². The van der Waals surface area contributed by atoms with Crippen LogP contribution in [0.15, 0.2) is 24.3 Å².